The van der Waals surface area contributed by atoms with Gasteiger partial charge in [-0.15, -0.1) is 0 Å². The van der Waals surface area contributed by atoms with E-state index in [9.17, 15) is 19.5 Å². The Morgan fingerprint density at radius 3 is 2.44 bits per heavy atom. The monoisotopic (exact) mass is 867 g/mol. The number of aryl methyl sites for hydroxylation is 1. The maximum Gasteiger partial charge on any atom is 0.329 e. The second-order valence-electron chi connectivity index (χ2n) is 19.6. The Labute approximate surface area is 371 Å². The van der Waals surface area contributed by atoms with E-state index in [1.54, 1.807) is 11.6 Å². The van der Waals surface area contributed by atoms with E-state index in [4.69, 9.17) is 14.7 Å². The number of imide groups is 1. The average molecular weight is 867 g/mol. The van der Waals surface area contributed by atoms with Gasteiger partial charge in [-0.2, -0.15) is 4.98 Å². The highest BCUT2D eigenvalue weighted by molar-refractivity contribution is 6.00. The summed E-state index contributed by atoms with van der Waals surface area (Å²) in [6, 6.07) is 6.06. The van der Waals surface area contributed by atoms with E-state index in [1.807, 2.05) is 18.2 Å². The average Bonchev–Trinajstić information content (AvgIpc) is 3.76. The van der Waals surface area contributed by atoms with Crippen molar-refractivity contribution in [3.63, 3.8) is 0 Å². The van der Waals surface area contributed by atoms with E-state index < -0.39 is 11.9 Å². The predicted octanol–water partition coefficient (Wildman–Crippen LogP) is 5.32. The van der Waals surface area contributed by atoms with E-state index in [0.717, 1.165) is 138 Å². The molecule has 63 heavy (non-hydrogen) atoms. The number of benzene rings is 1. The molecule has 2 amide bonds. The van der Waals surface area contributed by atoms with E-state index in [0.29, 0.717) is 24.4 Å². The molecule has 1 aromatic carbocycles. The van der Waals surface area contributed by atoms with Crippen LogP contribution in [0.15, 0.2) is 35.4 Å². The van der Waals surface area contributed by atoms with Crippen LogP contribution < -0.4 is 16.3 Å². The largest absolute Gasteiger partial charge is 0.393 e. The predicted molar refractivity (Wildman–Crippen MR) is 245 cm³/mol. The van der Waals surface area contributed by atoms with Crippen molar-refractivity contribution in [2.45, 2.75) is 140 Å². The van der Waals surface area contributed by atoms with Crippen molar-refractivity contribution in [3.8, 4) is 0 Å². The number of carbonyl (C=O) groups excluding carboxylic acids is 2. The number of piperidine rings is 1. The van der Waals surface area contributed by atoms with Gasteiger partial charge in [0.1, 0.15) is 11.7 Å². The molecule has 3 aliphatic heterocycles. The summed E-state index contributed by atoms with van der Waals surface area (Å²) < 4.78 is 11.8. The summed E-state index contributed by atoms with van der Waals surface area (Å²) in [5.74, 6) is 1.33. The number of nitrogens with zero attached hydrogens (tertiary/aromatic N) is 8. The van der Waals surface area contributed by atoms with Gasteiger partial charge in [-0.3, -0.25) is 28.9 Å². The maximum atomic E-state index is 13.1. The molecule has 0 spiro atoms. The van der Waals surface area contributed by atoms with Gasteiger partial charge >= 0.3 is 5.69 Å². The molecule has 3 N–H and O–H groups in total. The first-order valence-electron chi connectivity index (χ1n) is 24.2. The zero-order valence-electron chi connectivity index (χ0n) is 37.8. The standard InChI is InChI=1S/C48H70N10O5/c1-4-6-32(2)50-47-49-26-39-40(31-57(45(39)52-47)36-12-14-37(59)15-13-36)35-10-7-33(8-11-35)27-55-22-20-54(21-23-55)19-5-24-63-38-29-56(30-38)28-34-9-16-41-43(25-34)53(3)48(62)58(41)42-17-18-44(60)51-46(42)61/h9,16,25-26,31-33,35-38,42,59H,4-8,10-15,17-24,27-30H2,1-3H3,(H,49,50,52)(H,51,60,61)/t32-,33?,35?,36?,37?,42?/m0/s1. The number of amides is 2. The molecule has 6 heterocycles. The molecule has 0 radical (unpaired) electrons. The molecule has 4 aromatic rings. The highest BCUT2D eigenvalue weighted by Crippen LogP contribution is 2.42. The van der Waals surface area contributed by atoms with E-state index in [2.05, 4.69) is 56.1 Å². The Morgan fingerprint density at radius 2 is 1.70 bits per heavy atom. The molecule has 2 saturated carbocycles. The number of anilines is 1. The van der Waals surface area contributed by atoms with Gasteiger partial charge in [0.15, 0.2) is 0 Å². The van der Waals surface area contributed by atoms with Crippen LogP contribution in [-0.2, 0) is 27.9 Å². The van der Waals surface area contributed by atoms with Gasteiger partial charge in [0.25, 0.3) is 0 Å². The number of aliphatic hydroxyl groups excluding tert-OH is 1. The van der Waals surface area contributed by atoms with Gasteiger partial charge in [0.2, 0.25) is 17.8 Å². The van der Waals surface area contributed by atoms with Crippen LogP contribution in [-0.4, -0.2) is 133 Å². The summed E-state index contributed by atoms with van der Waals surface area (Å²) in [6.45, 7) is 14.6. The first kappa shape index (κ1) is 44.1. The summed E-state index contributed by atoms with van der Waals surface area (Å²) in [7, 11) is 1.74. The summed E-state index contributed by atoms with van der Waals surface area (Å²) in [5.41, 5.74) is 4.89. The van der Waals surface area contributed by atoms with E-state index in [1.165, 1.54) is 47.7 Å². The van der Waals surface area contributed by atoms with Crippen molar-refractivity contribution in [1.82, 2.24) is 43.7 Å². The first-order chi connectivity index (χ1) is 30.6. The molecular weight excluding hydrogens is 797 g/mol. The van der Waals surface area contributed by atoms with Gasteiger partial charge in [0.05, 0.1) is 23.2 Å². The SMILES string of the molecule is CCC[C@H](C)Nc1ncc2c(C3CCC(CN4CCN(CCCOC5CN(Cc6ccc7c(c6)n(C)c(=O)n7C6CCC(=O)NC6=O)C5)CC4)CC3)cn(C3CCC(O)CC3)c2n1. The summed E-state index contributed by atoms with van der Waals surface area (Å²) >= 11 is 0. The van der Waals surface area contributed by atoms with E-state index >= 15 is 0 Å². The lowest BCUT2D eigenvalue weighted by Crippen LogP contribution is -2.51. The van der Waals surface area contributed by atoms with Crippen LogP contribution in [0.3, 0.4) is 0 Å². The highest BCUT2D eigenvalue weighted by atomic mass is 16.5. The Bertz CT molecular complexity index is 2270. The third kappa shape index (κ3) is 9.92. The molecule has 5 aliphatic rings. The lowest BCUT2D eigenvalue weighted by molar-refractivity contribution is -0.135. The molecule has 5 fully saturated rings. The number of imidazole rings is 1. The van der Waals surface area contributed by atoms with Crippen molar-refractivity contribution in [1.29, 1.82) is 0 Å². The van der Waals surface area contributed by atoms with Crippen LogP contribution in [0.5, 0.6) is 0 Å². The molecule has 0 bridgehead atoms. The summed E-state index contributed by atoms with van der Waals surface area (Å²) in [5, 5.41) is 17.4. The number of ether oxygens (including phenoxy) is 1. The molecule has 3 saturated heterocycles. The Hall–Kier alpha value is -4.15. The molecular formula is C48H70N10O5. The fraction of sp³-hybridized carbons (Fsp3) is 0.688. The number of likely N-dealkylation sites (tertiary alicyclic amines) is 1. The quantitative estimate of drug-likeness (QED) is 0.0991. The summed E-state index contributed by atoms with van der Waals surface area (Å²) in [4.78, 5) is 55.0. The number of nitrogens with one attached hydrogen (secondary N) is 2. The van der Waals surface area contributed by atoms with E-state index in [-0.39, 0.29) is 30.2 Å². The third-order valence-electron chi connectivity index (χ3n) is 15.0. The topological polar surface area (TPSA) is 155 Å². The third-order valence-corrected chi connectivity index (χ3v) is 15.0. The number of aliphatic hydroxyl groups is 1. The van der Waals surface area contributed by atoms with Crippen LogP contribution in [0.1, 0.15) is 126 Å². The first-order valence-corrected chi connectivity index (χ1v) is 24.2. The van der Waals surface area contributed by atoms with Crippen molar-refractivity contribution in [3.05, 3.63) is 52.2 Å². The second kappa shape index (κ2) is 19.5. The number of carbonyl (C=O) groups is 2. The number of hydrogen-bond donors (Lipinski definition) is 3. The molecule has 342 valence electrons. The minimum atomic E-state index is -0.672. The zero-order valence-corrected chi connectivity index (χ0v) is 37.8. The number of fused-ring (bicyclic) bond motifs is 2. The van der Waals surface area contributed by atoms with Gasteiger partial charge < -0.3 is 29.5 Å². The normalized spacial score (nSPS) is 26.3. The fourth-order valence-electron chi connectivity index (χ4n) is 11.3. The lowest BCUT2D eigenvalue weighted by atomic mass is 9.78. The van der Waals surface area contributed by atoms with Gasteiger partial charge in [-0.05, 0) is 113 Å². The minimum absolute atomic E-state index is 0.172. The Balaban J connectivity index is 0.680. The molecule has 15 nitrogen and oxygen atoms in total. The number of hydrogen-bond acceptors (Lipinski definition) is 11. The van der Waals surface area contributed by atoms with Gasteiger partial charge in [0, 0.05) is 109 Å². The fourth-order valence-corrected chi connectivity index (χ4v) is 11.3. The maximum absolute atomic E-state index is 13.1. The zero-order chi connectivity index (χ0) is 43.6. The van der Waals surface area contributed by atoms with Crippen molar-refractivity contribution < 1.29 is 19.4 Å². The highest BCUT2D eigenvalue weighted by Gasteiger charge is 2.33. The Morgan fingerprint density at radius 1 is 0.937 bits per heavy atom. The molecule has 3 aromatic heterocycles. The molecule has 15 heteroatoms. The lowest BCUT2D eigenvalue weighted by Gasteiger charge is -2.39. The van der Waals surface area contributed by atoms with Crippen LogP contribution >= 0.6 is 0 Å². The molecule has 1 unspecified atom stereocenters. The van der Waals surface area contributed by atoms with Crippen molar-refractivity contribution >= 4 is 39.8 Å². The van der Waals surface area contributed by atoms with Crippen LogP contribution in [0, 0.1) is 5.92 Å². The van der Waals surface area contributed by atoms with Crippen LogP contribution in [0.2, 0.25) is 0 Å². The molecule has 9 rings (SSSR count). The molecule has 2 atom stereocenters. The summed E-state index contributed by atoms with van der Waals surface area (Å²) in [6.07, 6.45) is 17.1. The smallest absolute Gasteiger partial charge is 0.329 e. The second-order valence-corrected chi connectivity index (χ2v) is 19.6. The minimum Gasteiger partial charge on any atom is -0.393 e. The number of piperazine rings is 1. The number of rotatable bonds is 16. The Kier molecular flexibility index (Phi) is 13.7. The van der Waals surface area contributed by atoms with Gasteiger partial charge in [-0.25, -0.2) is 9.78 Å². The van der Waals surface area contributed by atoms with Gasteiger partial charge in [-0.1, -0.05) is 19.4 Å². The van der Waals surface area contributed by atoms with Crippen molar-refractivity contribution in [2.75, 3.05) is 64.3 Å². The molecule has 2 aliphatic carbocycles. The van der Waals surface area contributed by atoms with Crippen LogP contribution in [0.4, 0.5) is 5.95 Å². The number of aromatic nitrogens is 5. The van der Waals surface area contributed by atoms with Crippen molar-refractivity contribution in [2.24, 2.45) is 13.0 Å². The van der Waals surface area contributed by atoms with Crippen LogP contribution in [0.25, 0.3) is 22.1 Å².